The molecule has 13 heteroatoms. The molecular weight excluding hydrogens is 484 g/mol. The Morgan fingerprint density at radius 2 is 1.85 bits per heavy atom. The van der Waals surface area contributed by atoms with Crippen molar-refractivity contribution in [2.24, 2.45) is 14.1 Å². The fraction of sp³-hybridized carbons (Fsp3) is 0.200. The number of hydrogen-bond donors (Lipinski definition) is 1. The van der Waals surface area contributed by atoms with Crippen LogP contribution in [0, 0.1) is 5.82 Å². The molecule has 7 nitrogen and oxygen atoms in total. The summed E-state index contributed by atoms with van der Waals surface area (Å²) in [5.41, 5.74) is -1.59. The van der Waals surface area contributed by atoms with Gasteiger partial charge in [0.2, 0.25) is 5.91 Å². The molecule has 0 radical (unpaired) electrons. The van der Waals surface area contributed by atoms with Gasteiger partial charge in [0.1, 0.15) is 5.82 Å². The van der Waals surface area contributed by atoms with Crippen molar-refractivity contribution in [3.05, 3.63) is 66.1 Å². The van der Waals surface area contributed by atoms with Gasteiger partial charge in [0.25, 0.3) is 5.56 Å². The lowest BCUT2D eigenvalue weighted by molar-refractivity contribution is -0.140. The first-order valence-electron chi connectivity index (χ1n) is 9.26. The van der Waals surface area contributed by atoms with Gasteiger partial charge in [-0.1, -0.05) is 6.07 Å². The number of aromatic nitrogens is 3. The molecule has 0 unspecified atom stereocenters. The van der Waals surface area contributed by atoms with Gasteiger partial charge in [-0.15, -0.1) is 22.7 Å². The lowest BCUT2D eigenvalue weighted by Crippen LogP contribution is -2.36. The Kier molecular flexibility index (Phi) is 5.70. The number of carbonyl (C=O) groups is 1. The van der Waals surface area contributed by atoms with Gasteiger partial charge in [-0.3, -0.25) is 18.7 Å². The fourth-order valence-corrected chi connectivity index (χ4v) is 5.04. The fourth-order valence-electron chi connectivity index (χ4n) is 3.25. The van der Waals surface area contributed by atoms with E-state index in [4.69, 9.17) is 0 Å². The average Bonchev–Trinajstić information content (AvgIpc) is 3.37. The molecule has 0 bridgehead atoms. The second-order valence-corrected chi connectivity index (χ2v) is 8.90. The maximum Gasteiger partial charge on any atom is 0.419 e. The van der Waals surface area contributed by atoms with Gasteiger partial charge in [-0.05, 0) is 12.1 Å². The number of fused-ring (bicyclic) bond motifs is 1. The number of thiazole rings is 1. The minimum atomic E-state index is -4.80. The van der Waals surface area contributed by atoms with E-state index >= 15 is 0 Å². The molecule has 4 aromatic rings. The van der Waals surface area contributed by atoms with E-state index in [-0.39, 0.29) is 28.2 Å². The number of benzene rings is 1. The Balaban J connectivity index is 1.54. The van der Waals surface area contributed by atoms with E-state index in [0.717, 1.165) is 28.0 Å². The van der Waals surface area contributed by atoms with E-state index in [0.29, 0.717) is 16.5 Å². The predicted octanol–water partition coefficient (Wildman–Crippen LogP) is 3.76. The highest BCUT2D eigenvalue weighted by Crippen LogP contribution is 2.34. The van der Waals surface area contributed by atoms with E-state index in [2.05, 4.69) is 10.3 Å². The van der Waals surface area contributed by atoms with Gasteiger partial charge in [0.15, 0.2) is 5.13 Å². The van der Waals surface area contributed by atoms with Gasteiger partial charge in [0, 0.05) is 35.3 Å². The van der Waals surface area contributed by atoms with Crippen LogP contribution in [0.2, 0.25) is 0 Å². The van der Waals surface area contributed by atoms with Crippen molar-refractivity contribution in [1.29, 1.82) is 0 Å². The molecule has 33 heavy (non-hydrogen) atoms. The van der Waals surface area contributed by atoms with Crippen LogP contribution in [0.4, 0.5) is 22.7 Å². The first-order valence-corrected chi connectivity index (χ1v) is 11.0. The second kappa shape index (κ2) is 8.23. The molecule has 3 heterocycles. The zero-order chi connectivity index (χ0) is 24.1. The molecule has 3 aromatic heterocycles. The van der Waals surface area contributed by atoms with Crippen LogP contribution in [0.15, 0.2) is 38.5 Å². The van der Waals surface area contributed by atoms with Crippen LogP contribution in [-0.4, -0.2) is 20.0 Å². The monoisotopic (exact) mass is 498 g/mol. The molecule has 0 aliphatic carbocycles. The first kappa shape index (κ1) is 22.9. The molecule has 4 rings (SSSR count). The van der Waals surface area contributed by atoms with Crippen LogP contribution in [0.5, 0.6) is 0 Å². The molecular formula is C20H14F4N4O3S2. The summed E-state index contributed by atoms with van der Waals surface area (Å²) < 4.78 is 54.3. The molecule has 0 atom stereocenters. The first-order chi connectivity index (χ1) is 15.5. The van der Waals surface area contributed by atoms with Crippen LogP contribution in [0.1, 0.15) is 10.4 Å². The highest BCUT2D eigenvalue weighted by Gasteiger charge is 2.34. The maximum absolute atomic E-state index is 13.8. The van der Waals surface area contributed by atoms with Gasteiger partial charge < -0.3 is 5.32 Å². The molecule has 0 spiro atoms. The molecule has 1 N–H and O–H groups in total. The largest absolute Gasteiger partial charge is 0.419 e. The summed E-state index contributed by atoms with van der Waals surface area (Å²) in [6, 6.07) is 2.48. The van der Waals surface area contributed by atoms with Crippen molar-refractivity contribution in [2.75, 3.05) is 5.32 Å². The number of carbonyl (C=O) groups excluding carboxylic acids is 1. The SMILES string of the molecule is Cn1c(=O)c2c(CC(=O)Nc3nc(-c4ccc(C(F)(F)F)c(F)c4)cs3)scc2n(C)c1=O. The van der Waals surface area contributed by atoms with Crippen molar-refractivity contribution >= 4 is 44.6 Å². The van der Waals surface area contributed by atoms with E-state index < -0.39 is 34.7 Å². The molecule has 1 aromatic carbocycles. The number of anilines is 1. The summed E-state index contributed by atoms with van der Waals surface area (Å²) in [5, 5.41) is 6.11. The number of thiophene rings is 1. The number of rotatable bonds is 4. The third-order valence-corrected chi connectivity index (χ3v) is 6.68. The molecule has 0 aliphatic rings. The van der Waals surface area contributed by atoms with Crippen molar-refractivity contribution in [3.8, 4) is 11.3 Å². The number of hydrogen-bond acceptors (Lipinski definition) is 6. The summed E-state index contributed by atoms with van der Waals surface area (Å²) in [6.45, 7) is 0. The lowest BCUT2D eigenvalue weighted by atomic mass is 10.1. The number of nitrogens with zero attached hydrogens (tertiary/aromatic N) is 3. The summed E-state index contributed by atoms with van der Waals surface area (Å²) in [5.74, 6) is -1.90. The van der Waals surface area contributed by atoms with Crippen LogP contribution in [0.3, 0.4) is 0 Å². The minimum absolute atomic E-state index is 0.130. The summed E-state index contributed by atoms with van der Waals surface area (Å²) >= 11 is 2.19. The second-order valence-electron chi connectivity index (χ2n) is 7.08. The number of amides is 1. The summed E-state index contributed by atoms with van der Waals surface area (Å²) in [6.07, 6.45) is -4.95. The molecule has 0 fully saturated rings. The third-order valence-electron chi connectivity index (χ3n) is 4.94. The summed E-state index contributed by atoms with van der Waals surface area (Å²) in [4.78, 5) is 41.7. The number of halogens is 4. The van der Waals surface area contributed by atoms with Gasteiger partial charge in [0.05, 0.1) is 28.6 Å². The third kappa shape index (κ3) is 4.20. The van der Waals surface area contributed by atoms with Crippen molar-refractivity contribution in [3.63, 3.8) is 0 Å². The molecule has 0 saturated heterocycles. The van der Waals surface area contributed by atoms with Gasteiger partial charge in [-0.2, -0.15) is 13.2 Å². The van der Waals surface area contributed by atoms with E-state index in [1.807, 2.05) is 0 Å². The van der Waals surface area contributed by atoms with Crippen molar-refractivity contribution < 1.29 is 22.4 Å². The van der Waals surface area contributed by atoms with Crippen molar-refractivity contribution in [1.82, 2.24) is 14.1 Å². The normalized spacial score (nSPS) is 11.8. The van der Waals surface area contributed by atoms with Crippen LogP contribution < -0.4 is 16.6 Å². The smallest absolute Gasteiger partial charge is 0.302 e. The zero-order valence-corrected chi connectivity index (χ0v) is 18.6. The standard InChI is InChI=1S/C20H14F4N4O3S2/c1-27-13-8-32-14(16(13)17(30)28(2)19(27)31)6-15(29)26-18-25-12(7-33-18)9-3-4-10(11(21)5-9)20(22,23)24/h3-5,7-8H,6H2,1-2H3,(H,25,26,29). The number of aryl methyl sites for hydroxylation is 1. The van der Waals surface area contributed by atoms with Crippen LogP contribution >= 0.6 is 22.7 Å². The van der Waals surface area contributed by atoms with Crippen LogP contribution in [0.25, 0.3) is 22.2 Å². The quantitative estimate of drug-likeness (QED) is 0.434. The highest BCUT2D eigenvalue weighted by atomic mass is 32.1. The zero-order valence-electron chi connectivity index (χ0n) is 17.0. The number of alkyl halides is 3. The molecule has 1 amide bonds. The van der Waals surface area contributed by atoms with E-state index in [9.17, 15) is 31.9 Å². The Hall–Kier alpha value is -3.32. The highest BCUT2D eigenvalue weighted by molar-refractivity contribution is 7.14. The molecule has 172 valence electrons. The Bertz CT molecular complexity index is 1510. The Labute approximate surface area is 190 Å². The van der Waals surface area contributed by atoms with Crippen molar-refractivity contribution in [2.45, 2.75) is 12.6 Å². The maximum atomic E-state index is 13.8. The average molecular weight is 498 g/mol. The minimum Gasteiger partial charge on any atom is -0.302 e. The van der Waals surface area contributed by atoms with Gasteiger partial charge >= 0.3 is 11.9 Å². The van der Waals surface area contributed by atoms with E-state index in [1.54, 1.807) is 5.38 Å². The topological polar surface area (TPSA) is 86.0 Å². The summed E-state index contributed by atoms with van der Waals surface area (Å²) in [7, 11) is 2.88. The predicted molar refractivity (Wildman–Crippen MR) is 117 cm³/mol. The number of nitrogens with one attached hydrogen (secondary N) is 1. The molecule has 0 saturated carbocycles. The Morgan fingerprint density at radius 3 is 2.52 bits per heavy atom. The molecule has 0 aliphatic heterocycles. The van der Waals surface area contributed by atoms with E-state index in [1.165, 1.54) is 35.4 Å². The lowest BCUT2D eigenvalue weighted by Gasteiger charge is -2.08. The Morgan fingerprint density at radius 1 is 1.12 bits per heavy atom. The van der Waals surface area contributed by atoms with Crippen LogP contribution in [-0.2, 0) is 31.5 Å². The van der Waals surface area contributed by atoms with Gasteiger partial charge in [-0.25, -0.2) is 14.2 Å².